The number of aromatic amines is 1. The Bertz CT molecular complexity index is 404. The summed E-state index contributed by atoms with van der Waals surface area (Å²) in [5.41, 5.74) is 1.90. The number of nitrogens with zero attached hydrogens (tertiary/aromatic N) is 1. The van der Waals surface area contributed by atoms with E-state index in [1.807, 2.05) is 19.9 Å². The highest BCUT2D eigenvalue weighted by atomic mass is 16.5. The molecule has 20 heavy (non-hydrogen) atoms. The first-order valence-corrected chi connectivity index (χ1v) is 7.16. The third-order valence-electron chi connectivity index (χ3n) is 2.68. The van der Waals surface area contributed by atoms with Gasteiger partial charge in [-0.25, -0.2) is 4.79 Å². The van der Waals surface area contributed by atoms with Gasteiger partial charge in [-0.1, -0.05) is 20.8 Å². The van der Waals surface area contributed by atoms with Crippen LogP contribution in [-0.4, -0.2) is 35.5 Å². The topological polar surface area (TPSA) is 79.0 Å². The van der Waals surface area contributed by atoms with Crippen LogP contribution in [0.2, 0.25) is 0 Å². The molecule has 1 aromatic rings. The largest absolute Gasteiger partial charge is 0.379 e. The summed E-state index contributed by atoms with van der Waals surface area (Å²) in [6.45, 7) is 9.83. The van der Waals surface area contributed by atoms with E-state index in [1.165, 1.54) is 0 Å². The fraction of sp³-hybridized carbons (Fsp3) is 0.714. The summed E-state index contributed by atoms with van der Waals surface area (Å²) in [5, 5.41) is 12.6. The second-order valence-electron chi connectivity index (χ2n) is 5.40. The molecule has 0 saturated heterocycles. The predicted molar refractivity (Wildman–Crippen MR) is 78.5 cm³/mol. The van der Waals surface area contributed by atoms with Crippen LogP contribution in [0, 0.1) is 5.92 Å². The van der Waals surface area contributed by atoms with Crippen molar-refractivity contribution in [1.82, 2.24) is 20.8 Å². The molecular formula is C14H26N4O2. The predicted octanol–water partition coefficient (Wildman–Crippen LogP) is 1.83. The third kappa shape index (κ3) is 6.56. The minimum atomic E-state index is -0.196. The molecule has 6 heteroatoms. The van der Waals surface area contributed by atoms with Gasteiger partial charge in [0.15, 0.2) is 0 Å². The Morgan fingerprint density at radius 1 is 1.40 bits per heavy atom. The summed E-state index contributed by atoms with van der Waals surface area (Å²) in [7, 11) is 0. The highest BCUT2D eigenvalue weighted by Crippen LogP contribution is 1.99. The fourth-order valence-corrected chi connectivity index (χ4v) is 1.65. The van der Waals surface area contributed by atoms with Crippen LogP contribution >= 0.6 is 0 Å². The first-order chi connectivity index (χ1) is 9.51. The average molecular weight is 282 g/mol. The molecule has 0 saturated carbocycles. The summed E-state index contributed by atoms with van der Waals surface area (Å²) in [6.07, 6.45) is 0.882. The summed E-state index contributed by atoms with van der Waals surface area (Å²) in [4.78, 5) is 11.7. The molecule has 0 aliphatic rings. The molecule has 0 aliphatic heterocycles. The van der Waals surface area contributed by atoms with Crippen molar-refractivity contribution >= 4 is 6.03 Å². The minimum Gasteiger partial charge on any atom is -0.379 e. The molecule has 0 radical (unpaired) electrons. The molecule has 0 aliphatic carbocycles. The van der Waals surface area contributed by atoms with Gasteiger partial charge >= 0.3 is 6.03 Å². The molecule has 6 nitrogen and oxygen atoms in total. The molecular weight excluding hydrogens is 256 g/mol. The number of ether oxygens (including phenoxy) is 1. The molecule has 1 atom stereocenters. The normalized spacial score (nSPS) is 12.4. The third-order valence-corrected chi connectivity index (χ3v) is 2.68. The van der Waals surface area contributed by atoms with E-state index in [0.29, 0.717) is 25.7 Å². The molecule has 1 rings (SSSR count). The lowest BCUT2D eigenvalue weighted by atomic mass is 10.2. The zero-order chi connectivity index (χ0) is 15.0. The molecule has 2 amide bonds. The zero-order valence-electron chi connectivity index (χ0n) is 12.8. The van der Waals surface area contributed by atoms with Gasteiger partial charge in [0.2, 0.25) is 0 Å². The van der Waals surface area contributed by atoms with E-state index in [9.17, 15) is 4.79 Å². The van der Waals surface area contributed by atoms with Crippen molar-refractivity contribution in [3.63, 3.8) is 0 Å². The fourth-order valence-electron chi connectivity index (χ4n) is 1.65. The smallest absolute Gasteiger partial charge is 0.315 e. The maximum Gasteiger partial charge on any atom is 0.315 e. The number of amides is 2. The second kappa shape index (κ2) is 8.58. The van der Waals surface area contributed by atoms with Crippen molar-refractivity contribution in [2.75, 3.05) is 13.2 Å². The van der Waals surface area contributed by atoms with Crippen molar-refractivity contribution in [1.29, 1.82) is 0 Å². The molecule has 1 aromatic heterocycles. The number of aromatic nitrogens is 2. The quantitative estimate of drug-likeness (QED) is 0.680. The Morgan fingerprint density at radius 3 is 2.75 bits per heavy atom. The van der Waals surface area contributed by atoms with Crippen LogP contribution in [0.5, 0.6) is 0 Å². The van der Waals surface area contributed by atoms with Crippen molar-refractivity contribution in [3.05, 3.63) is 17.5 Å². The molecule has 1 heterocycles. The summed E-state index contributed by atoms with van der Waals surface area (Å²) >= 11 is 0. The Labute approximate surface area is 120 Å². The van der Waals surface area contributed by atoms with Crippen LogP contribution in [0.3, 0.4) is 0 Å². The van der Waals surface area contributed by atoms with Crippen molar-refractivity contribution in [2.45, 2.75) is 46.7 Å². The van der Waals surface area contributed by atoms with Gasteiger partial charge in [0.05, 0.1) is 30.6 Å². The molecule has 0 fully saturated rings. The summed E-state index contributed by atoms with van der Waals surface area (Å²) in [5.74, 6) is 0.504. The number of nitrogens with one attached hydrogen (secondary N) is 3. The number of aryl methyl sites for hydroxylation is 1. The molecule has 0 unspecified atom stereocenters. The number of H-pyrrole nitrogens is 1. The van der Waals surface area contributed by atoms with Gasteiger partial charge in [0, 0.05) is 6.61 Å². The van der Waals surface area contributed by atoms with Gasteiger partial charge in [-0.05, 0) is 25.3 Å². The SMILES string of the molecule is CCc1cc(CNC(=O)N[C@@H](C)COCC(C)C)[nH]n1. The zero-order valence-corrected chi connectivity index (χ0v) is 12.8. The molecule has 0 spiro atoms. The Morgan fingerprint density at radius 2 is 2.15 bits per heavy atom. The minimum absolute atomic E-state index is 0.0123. The average Bonchev–Trinajstić information content (AvgIpc) is 2.83. The van der Waals surface area contributed by atoms with E-state index in [1.54, 1.807) is 0 Å². The molecule has 0 bridgehead atoms. The summed E-state index contributed by atoms with van der Waals surface area (Å²) < 4.78 is 5.48. The Kier molecular flexibility index (Phi) is 7.08. The number of rotatable bonds is 8. The van der Waals surface area contributed by atoms with Gasteiger partial charge in [-0.3, -0.25) is 5.10 Å². The van der Waals surface area contributed by atoms with Gasteiger partial charge in [-0.15, -0.1) is 0 Å². The first-order valence-electron chi connectivity index (χ1n) is 7.16. The van der Waals surface area contributed by atoms with E-state index >= 15 is 0 Å². The Hall–Kier alpha value is -1.56. The number of carbonyl (C=O) groups is 1. The van der Waals surface area contributed by atoms with E-state index in [2.05, 4.69) is 34.7 Å². The van der Waals surface area contributed by atoms with Crippen LogP contribution in [-0.2, 0) is 17.7 Å². The van der Waals surface area contributed by atoms with Crippen molar-refractivity contribution in [3.8, 4) is 0 Å². The second-order valence-corrected chi connectivity index (χ2v) is 5.40. The first kappa shape index (κ1) is 16.5. The number of hydrogen-bond donors (Lipinski definition) is 3. The lowest BCUT2D eigenvalue weighted by Crippen LogP contribution is -2.42. The summed E-state index contributed by atoms with van der Waals surface area (Å²) in [6, 6.07) is 1.75. The van der Waals surface area contributed by atoms with Crippen LogP contribution in [0.1, 0.15) is 39.1 Å². The maximum atomic E-state index is 11.7. The monoisotopic (exact) mass is 282 g/mol. The Balaban J connectivity index is 2.19. The number of hydrogen-bond acceptors (Lipinski definition) is 3. The van der Waals surface area contributed by atoms with Crippen LogP contribution < -0.4 is 10.6 Å². The number of carbonyl (C=O) groups excluding carboxylic acids is 1. The van der Waals surface area contributed by atoms with E-state index in [-0.39, 0.29) is 12.1 Å². The van der Waals surface area contributed by atoms with E-state index in [0.717, 1.165) is 17.8 Å². The van der Waals surface area contributed by atoms with Crippen LogP contribution in [0.4, 0.5) is 4.79 Å². The highest BCUT2D eigenvalue weighted by molar-refractivity contribution is 5.74. The number of urea groups is 1. The van der Waals surface area contributed by atoms with Crippen LogP contribution in [0.25, 0.3) is 0 Å². The highest BCUT2D eigenvalue weighted by Gasteiger charge is 2.08. The standard InChI is InChI=1S/C14H26N4O2/c1-5-12-6-13(18-17-12)7-15-14(19)16-11(4)9-20-8-10(2)3/h6,10-11H,5,7-9H2,1-4H3,(H,17,18)(H2,15,16,19)/t11-/m0/s1. The van der Waals surface area contributed by atoms with Gasteiger partial charge in [-0.2, -0.15) is 5.10 Å². The van der Waals surface area contributed by atoms with Crippen molar-refractivity contribution < 1.29 is 9.53 Å². The molecule has 0 aromatic carbocycles. The van der Waals surface area contributed by atoms with Gasteiger partial charge in [0.25, 0.3) is 0 Å². The van der Waals surface area contributed by atoms with Crippen LogP contribution in [0.15, 0.2) is 6.07 Å². The molecule has 114 valence electrons. The van der Waals surface area contributed by atoms with Gasteiger partial charge in [0.1, 0.15) is 0 Å². The van der Waals surface area contributed by atoms with E-state index in [4.69, 9.17) is 4.74 Å². The lowest BCUT2D eigenvalue weighted by Gasteiger charge is -2.15. The molecule has 3 N–H and O–H groups in total. The maximum absolute atomic E-state index is 11.7. The van der Waals surface area contributed by atoms with E-state index < -0.39 is 0 Å². The van der Waals surface area contributed by atoms with Gasteiger partial charge < -0.3 is 15.4 Å². The lowest BCUT2D eigenvalue weighted by molar-refractivity contribution is 0.0954. The van der Waals surface area contributed by atoms with Crippen molar-refractivity contribution in [2.24, 2.45) is 5.92 Å².